The van der Waals surface area contributed by atoms with E-state index in [9.17, 15) is 4.79 Å². The normalized spacial score (nSPS) is 22.5. The number of piperazine rings is 1. The molecule has 2 aliphatic rings. The van der Waals surface area contributed by atoms with Crippen molar-refractivity contribution in [3.63, 3.8) is 0 Å². The van der Waals surface area contributed by atoms with Gasteiger partial charge in [0, 0.05) is 43.2 Å². The summed E-state index contributed by atoms with van der Waals surface area (Å²) in [6.07, 6.45) is 2.16. The van der Waals surface area contributed by atoms with Crippen molar-refractivity contribution in [2.45, 2.75) is 25.8 Å². The number of hydrogen-bond acceptors (Lipinski definition) is 3. The van der Waals surface area contributed by atoms with Gasteiger partial charge >= 0.3 is 0 Å². The zero-order valence-electron chi connectivity index (χ0n) is 14.6. The van der Waals surface area contributed by atoms with Gasteiger partial charge < -0.3 is 10.2 Å². The summed E-state index contributed by atoms with van der Waals surface area (Å²) in [6.45, 7) is 7.81. The quantitative estimate of drug-likeness (QED) is 0.762. The summed E-state index contributed by atoms with van der Waals surface area (Å²) < 4.78 is 1.12. The number of rotatable bonds is 3. The molecule has 2 aliphatic heterocycles. The number of amides is 1. The van der Waals surface area contributed by atoms with Crippen LogP contribution in [-0.2, 0) is 4.79 Å². The van der Waals surface area contributed by atoms with Gasteiger partial charge in [-0.05, 0) is 44.0 Å². The van der Waals surface area contributed by atoms with Crippen LogP contribution in [0.5, 0.6) is 0 Å². The maximum atomic E-state index is 12.6. The van der Waals surface area contributed by atoms with E-state index in [-0.39, 0.29) is 30.7 Å². The van der Waals surface area contributed by atoms with Gasteiger partial charge in [0.2, 0.25) is 5.91 Å². The number of carbonyl (C=O) groups excluding carboxylic acids is 1. The average Bonchev–Trinajstić information content (AvgIpc) is 2.62. The Hall–Kier alpha value is -0.330. The van der Waals surface area contributed by atoms with Gasteiger partial charge in [-0.1, -0.05) is 28.1 Å². The summed E-state index contributed by atoms with van der Waals surface area (Å²) in [5.74, 6) is 0.548. The second kappa shape index (κ2) is 10.7. The van der Waals surface area contributed by atoms with E-state index in [2.05, 4.69) is 62.2 Å². The van der Waals surface area contributed by atoms with Crippen LogP contribution in [0.1, 0.15) is 31.4 Å². The molecule has 0 aliphatic carbocycles. The molecule has 2 saturated heterocycles. The summed E-state index contributed by atoms with van der Waals surface area (Å²) in [5.41, 5.74) is 1.34. The molecule has 25 heavy (non-hydrogen) atoms. The topological polar surface area (TPSA) is 35.6 Å². The summed E-state index contributed by atoms with van der Waals surface area (Å²) in [4.78, 5) is 17.1. The van der Waals surface area contributed by atoms with Crippen LogP contribution < -0.4 is 5.32 Å². The smallest absolute Gasteiger partial charge is 0.227 e. The van der Waals surface area contributed by atoms with Crippen molar-refractivity contribution in [1.82, 2.24) is 15.1 Å². The van der Waals surface area contributed by atoms with Crippen LogP contribution in [0.2, 0.25) is 0 Å². The van der Waals surface area contributed by atoms with Crippen LogP contribution in [0, 0.1) is 5.92 Å². The van der Waals surface area contributed by atoms with Crippen molar-refractivity contribution < 1.29 is 4.79 Å². The summed E-state index contributed by atoms with van der Waals surface area (Å²) in [6, 6.07) is 8.96. The van der Waals surface area contributed by atoms with E-state index in [1.165, 1.54) is 5.56 Å². The van der Waals surface area contributed by atoms with Crippen molar-refractivity contribution in [2.24, 2.45) is 5.92 Å². The molecule has 142 valence electrons. The lowest BCUT2D eigenvalue weighted by atomic mass is 9.97. The van der Waals surface area contributed by atoms with Crippen molar-refractivity contribution in [3.05, 3.63) is 34.3 Å². The number of nitrogens with zero attached hydrogens (tertiary/aromatic N) is 2. The molecule has 0 saturated carbocycles. The third kappa shape index (κ3) is 5.83. The highest BCUT2D eigenvalue weighted by molar-refractivity contribution is 9.10. The molecule has 1 aromatic carbocycles. The van der Waals surface area contributed by atoms with E-state index < -0.39 is 0 Å². The van der Waals surface area contributed by atoms with Crippen molar-refractivity contribution >= 4 is 46.7 Å². The van der Waals surface area contributed by atoms with Crippen LogP contribution >= 0.6 is 40.7 Å². The average molecular weight is 453 g/mol. The fourth-order valence-corrected chi connectivity index (χ4v) is 3.87. The predicted octanol–water partition coefficient (Wildman–Crippen LogP) is 3.50. The Morgan fingerprint density at radius 1 is 1.16 bits per heavy atom. The van der Waals surface area contributed by atoms with Crippen LogP contribution in [-0.4, -0.2) is 55.0 Å². The Balaban J connectivity index is 0.00000156. The number of nitrogens with one attached hydrogen (secondary N) is 1. The lowest BCUT2D eigenvalue weighted by Crippen LogP contribution is -2.52. The van der Waals surface area contributed by atoms with E-state index >= 15 is 0 Å². The number of halogens is 3. The molecule has 2 heterocycles. The minimum Gasteiger partial charge on any atom is -0.340 e. The molecule has 0 spiro atoms. The zero-order chi connectivity index (χ0) is 16.2. The SMILES string of the molecule is CC(c1ccc(Br)cc1)N1CCN(C(=O)C2CCCNC2)CC1.Cl.Cl. The standard InChI is InChI=1S/C18H26BrN3O.2ClH/c1-14(15-4-6-17(19)7-5-15)21-9-11-22(12-10-21)18(23)16-3-2-8-20-13-16;;/h4-7,14,16,20H,2-3,8-13H2,1H3;2*1H. The second-order valence-corrected chi connectivity index (χ2v) is 7.55. The highest BCUT2D eigenvalue weighted by Crippen LogP contribution is 2.24. The summed E-state index contributed by atoms with van der Waals surface area (Å²) in [7, 11) is 0. The van der Waals surface area contributed by atoms with Crippen molar-refractivity contribution in [1.29, 1.82) is 0 Å². The van der Waals surface area contributed by atoms with E-state index in [1.807, 2.05) is 0 Å². The fraction of sp³-hybridized carbons (Fsp3) is 0.611. The number of benzene rings is 1. The molecule has 1 amide bonds. The van der Waals surface area contributed by atoms with Crippen LogP contribution in [0.25, 0.3) is 0 Å². The third-order valence-electron chi connectivity index (χ3n) is 5.17. The van der Waals surface area contributed by atoms with Crippen molar-refractivity contribution in [2.75, 3.05) is 39.3 Å². The molecule has 1 aromatic rings. The first-order valence-corrected chi connectivity index (χ1v) is 9.43. The van der Waals surface area contributed by atoms with Gasteiger partial charge in [-0.15, -0.1) is 24.8 Å². The fourth-order valence-electron chi connectivity index (χ4n) is 3.60. The first-order valence-electron chi connectivity index (χ1n) is 8.64. The molecular weight excluding hydrogens is 425 g/mol. The molecule has 1 N–H and O–H groups in total. The lowest BCUT2D eigenvalue weighted by molar-refractivity contribution is -0.138. The van der Waals surface area contributed by atoms with E-state index in [4.69, 9.17) is 0 Å². The number of carbonyl (C=O) groups is 1. The van der Waals surface area contributed by atoms with E-state index in [1.54, 1.807) is 0 Å². The Kier molecular flexibility index (Phi) is 9.75. The molecule has 2 unspecified atom stereocenters. The van der Waals surface area contributed by atoms with Crippen LogP contribution in [0.3, 0.4) is 0 Å². The number of hydrogen-bond donors (Lipinski definition) is 1. The molecule has 0 radical (unpaired) electrons. The van der Waals surface area contributed by atoms with Gasteiger partial charge in [0.25, 0.3) is 0 Å². The minimum atomic E-state index is 0. The Bertz CT molecular complexity index is 530. The Morgan fingerprint density at radius 2 is 1.80 bits per heavy atom. The molecule has 0 aromatic heterocycles. The van der Waals surface area contributed by atoms with Gasteiger partial charge in [0.15, 0.2) is 0 Å². The van der Waals surface area contributed by atoms with Gasteiger partial charge in [-0.2, -0.15) is 0 Å². The van der Waals surface area contributed by atoms with Crippen molar-refractivity contribution in [3.8, 4) is 0 Å². The van der Waals surface area contributed by atoms with Gasteiger partial charge in [0.05, 0.1) is 5.92 Å². The first kappa shape index (κ1) is 22.7. The molecule has 2 atom stereocenters. The lowest BCUT2D eigenvalue weighted by Gasteiger charge is -2.39. The van der Waals surface area contributed by atoms with Crippen LogP contribution in [0.15, 0.2) is 28.7 Å². The summed E-state index contributed by atoms with van der Waals surface area (Å²) >= 11 is 3.49. The van der Waals surface area contributed by atoms with Crippen LogP contribution in [0.4, 0.5) is 0 Å². The maximum Gasteiger partial charge on any atom is 0.227 e. The summed E-state index contributed by atoms with van der Waals surface area (Å²) in [5, 5.41) is 3.35. The Morgan fingerprint density at radius 3 is 2.36 bits per heavy atom. The molecule has 4 nitrogen and oxygen atoms in total. The van der Waals surface area contributed by atoms with Gasteiger partial charge in [0.1, 0.15) is 0 Å². The third-order valence-corrected chi connectivity index (χ3v) is 5.70. The predicted molar refractivity (Wildman–Crippen MR) is 111 cm³/mol. The zero-order valence-corrected chi connectivity index (χ0v) is 17.8. The first-order chi connectivity index (χ1) is 11.1. The molecule has 3 rings (SSSR count). The highest BCUT2D eigenvalue weighted by Gasteiger charge is 2.29. The largest absolute Gasteiger partial charge is 0.340 e. The highest BCUT2D eigenvalue weighted by atomic mass is 79.9. The Labute approximate surface area is 171 Å². The second-order valence-electron chi connectivity index (χ2n) is 6.63. The molecular formula is C18H28BrCl2N3O. The number of piperidine rings is 1. The monoisotopic (exact) mass is 451 g/mol. The van der Waals surface area contributed by atoms with Gasteiger partial charge in [-0.25, -0.2) is 0 Å². The molecule has 2 fully saturated rings. The maximum absolute atomic E-state index is 12.6. The van der Waals surface area contributed by atoms with Gasteiger partial charge in [-0.3, -0.25) is 9.69 Å². The molecule has 7 heteroatoms. The van der Waals surface area contributed by atoms with E-state index in [0.29, 0.717) is 11.9 Å². The molecule has 0 bridgehead atoms. The van der Waals surface area contributed by atoms with E-state index in [0.717, 1.165) is 56.6 Å². The minimum absolute atomic E-state index is 0.